The van der Waals surface area contributed by atoms with E-state index in [1.54, 1.807) is 4.90 Å². The van der Waals surface area contributed by atoms with E-state index in [9.17, 15) is 9.59 Å². The molecule has 0 radical (unpaired) electrons. The maximum atomic E-state index is 13.5. The molecule has 0 saturated carbocycles. The Morgan fingerprint density at radius 1 is 1.10 bits per heavy atom. The van der Waals surface area contributed by atoms with E-state index in [-0.39, 0.29) is 17.7 Å². The number of amides is 2. The van der Waals surface area contributed by atoms with Crippen LogP contribution in [0.4, 0.5) is 5.69 Å². The number of rotatable bonds is 4. The minimum absolute atomic E-state index is 0.00201. The van der Waals surface area contributed by atoms with Gasteiger partial charge in [0.25, 0.3) is 5.91 Å². The molecule has 1 saturated heterocycles. The largest absolute Gasteiger partial charge is 0.369 e. The number of carbonyl (C=O) groups is 2. The zero-order valence-electron chi connectivity index (χ0n) is 17.5. The van der Waals surface area contributed by atoms with Gasteiger partial charge in [-0.3, -0.25) is 9.59 Å². The summed E-state index contributed by atoms with van der Waals surface area (Å²) in [4.78, 5) is 33.8. The quantitative estimate of drug-likeness (QED) is 0.851. The predicted octanol–water partition coefficient (Wildman–Crippen LogP) is 2.81. The number of aliphatic imine (C=N–C) groups is 1. The number of hydrogen-bond acceptors (Lipinski definition) is 4. The molecule has 0 aliphatic carbocycles. The Morgan fingerprint density at radius 2 is 1.80 bits per heavy atom. The molecule has 2 N–H and O–H groups in total. The standard InChI is InChI=1S/C24H28N4O2/c1-16-8-9-21(17(2)14-16)28-23(30)20(15-18-6-4-3-5-7-18)26-24(28)27-12-10-19(11-13-27)22(25)29/h3-9,14,19-20H,10-13,15H2,1-2H3,(H2,25,29). The molecule has 2 heterocycles. The van der Waals surface area contributed by atoms with Crippen molar-refractivity contribution in [3.8, 4) is 0 Å². The topological polar surface area (TPSA) is 79.0 Å². The van der Waals surface area contributed by atoms with Gasteiger partial charge in [0, 0.05) is 25.4 Å². The molecule has 4 rings (SSSR count). The maximum absolute atomic E-state index is 13.5. The van der Waals surface area contributed by atoms with Crippen LogP contribution in [-0.2, 0) is 16.0 Å². The first-order chi connectivity index (χ1) is 14.4. The summed E-state index contributed by atoms with van der Waals surface area (Å²) >= 11 is 0. The van der Waals surface area contributed by atoms with E-state index < -0.39 is 6.04 Å². The van der Waals surface area contributed by atoms with Crippen LogP contribution in [0.5, 0.6) is 0 Å². The van der Waals surface area contributed by atoms with Crippen LogP contribution in [0, 0.1) is 19.8 Å². The van der Waals surface area contributed by atoms with Crippen LogP contribution in [0.25, 0.3) is 0 Å². The van der Waals surface area contributed by atoms with E-state index in [2.05, 4.69) is 11.0 Å². The first kappa shape index (κ1) is 20.1. The molecule has 0 aromatic heterocycles. The Labute approximate surface area is 177 Å². The number of piperidine rings is 1. The fourth-order valence-corrected chi connectivity index (χ4v) is 4.34. The van der Waals surface area contributed by atoms with Gasteiger partial charge >= 0.3 is 0 Å². The second-order valence-corrected chi connectivity index (χ2v) is 8.26. The van der Waals surface area contributed by atoms with Crippen LogP contribution < -0.4 is 10.6 Å². The highest BCUT2D eigenvalue weighted by Crippen LogP contribution is 2.30. The molecular formula is C24H28N4O2. The van der Waals surface area contributed by atoms with Crippen molar-refractivity contribution in [3.63, 3.8) is 0 Å². The highest BCUT2D eigenvalue weighted by molar-refractivity contribution is 6.22. The lowest BCUT2D eigenvalue weighted by Crippen LogP contribution is -2.49. The lowest BCUT2D eigenvalue weighted by Gasteiger charge is -2.35. The van der Waals surface area contributed by atoms with Crippen LogP contribution in [-0.4, -0.2) is 41.8 Å². The summed E-state index contributed by atoms with van der Waals surface area (Å²) in [5.74, 6) is 0.342. The summed E-state index contributed by atoms with van der Waals surface area (Å²) in [5, 5.41) is 0. The van der Waals surface area contributed by atoms with E-state index in [4.69, 9.17) is 10.7 Å². The number of guanidine groups is 1. The van der Waals surface area contributed by atoms with Gasteiger partial charge in [0.05, 0.1) is 5.69 Å². The molecule has 2 aromatic rings. The summed E-state index contributed by atoms with van der Waals surface area (Å²) in [7, 11) is 0. The van der Waals surface area contributed by atoms with Crippen molar-refractivity contribution in [2.45, 2.75) is 39.2 Å². The molecule has 1 fully saturated rings. The second-order valence-electron chi connectivity index (χ2n) is 8.26. The number of carbonyl (C=O) groups excluding carboxylic acids is 2. The zero-order chi connectivity index (χ0) is 21.3. The van der Waals surface area contributed by atoms with Crippen LogP contribution in [0.2, 0.25) is 0 Å². The van der Waals surface area contributed by atoms with Crippen molar-refractivity contribution in [2.75, 3.05) is 18.0 Å². The van der Waals surface area contributed by atoms with Gasteiger partial charge in [0.15, 0.2) is 0 Å². The number of primary amides is 1. The van der Waals surface area contributed by atoms with E-state index in [0.29, 0.717) is 38.3 Å². The average molecular weight is 405 g/mol. The number of aryl methyl sites for hydroxylation is 2. The molecule has 2 aliphatic rings. The van der Waals surface area contributed by atoms with E-state index in [1.807, 2.05) is 56.3 Å². The van der Waals surface area contributed by atoms with E-state index >= 15 is 0 Å². The smallest absolute Gasteiger partial charge is 0.259 e. The van der Waals surface area contributed by atoms with Crippen molar-refractivity contribution in [3.05, 3.63) is 65.2 Å². The minimum Gasteiger partial charge on any atom is -0.369 e. The molecule has 0 spiro atoms. The Morgan fingerprint density at radius 3 is 2.43 bits per heavy atom. The highest BCUT2D eigenvalue weighted by atomic mass is 16.2. The van der Waals surface area contributed by atoms with Crippen molar-refractivity contribution in [1.29, 1.82) is 0 Å². The molecule has 1 atom stereocenters. The number of nitrogens with two attached hydrogens (primary N) is 1. The van der Waals surface area contributed by atoms with Gasteiger partial charge in [0.1, 0.15) is 6.04 Å². The minimum atomic E-state index is -0.447. The van der Waals surface area contributed by atoms with Gasteiger partial charge in [-0.05, 0) is 43.9 Å². The molecule has 2 amide bonds. The summed E-state index contributed by atoms with van der Waals surface area (Å²) < 4.78 is 0. The molecule has 6 heteroatoms. The fraction of sp³-hybridized carbons (Fsp3) is 0.375. The molecule has 0 bridgehead atoms. The monoisotopic (exact) mass is 404 g/mol. The van der Waals surface area contributed by atoms with Crippen LogP contribution in [0.15, 0.2) is 53.5 Å². The lowest BCUT2D eigenvalue weighted by atomic mass is 9.96. The van der Waals surface area contributed by atoms with Gasteiger partial charge in [0.2, 0.25) is 11.9 Å². The summed E-state index contributed by atoms with van der Waals surface area (Å²) in [6.45, 7) is 5.40. The van der Waals surface area contributed by atoms with Gasteiger partial charge in [-0.2, -0.15) is 0 Å². The first-order valence-electron chi connectivity index (χ1n) is 10.5. The van der Waals surface area contributed by atoms with Gasteiger partial charge in [-0.15, -0.1) is 0 Å². The van der Waals surface area contributed by atoms with Gasteiger partial charge < -0.3 is 10.6 Å². The molecule has 2 aromatic carbocycles. The van der Waals surface area contributed by atoms with Gasteiger partial charge in [-0.25, -0.2) is 9.89 Å². The number of nitrogens with zero attached hydrogens (tertiary/aromatic N) is 3. The summed E-state index contributed by atoms with van der Waals surface area (Å²) in [5.41, 5.74) is 9.66. The molecule has 30 heavy (non-hydrogen) atoms. The number of anilines is 1. The fourth-order valence-electron chi connectivity index (χ4n) is 4.34. The van der Waals surface area contributed by atoms with Crippen molar-refractivity contribution < 1.29 is 9.59 Å². The third kappa shape index (κ3) is 3.95. The lowest BCUT2D eigenvalue weighted by molar-refractivity contribution is -0.123. The Bertz CT molecular complexity index is 978. The van der Waals surface area contributed by atoms with Crippen molar-refractivity contribution >= 4 is 23.5 Å². The van der Waals surface area contributed by atoms with Crippen molar-refractivity contribution in [1.82, 2.24) is 4.90 Å². The molecule has 6 nitrogen and oxygen atoms in total. The normalized spacial score (nSPS) is 19.9. The molecular weight excluding hydrogens is 376 g/mol. The van der Waals surface area contributed by atoms with Gasteiger partial charge in [-0.1, -0.05) is 48.0 Å². The third-order valence-corrected chi connectivity index (χ3v) is 6.02. The van der Waals surface area contributed by atoms with Crippen molar-refractivity contribution in [2.24, 2.45) is 16.6 Å². The molecule has 2 aliphatic heterocycles. The molecule has 156 valence electrons. The van der Waals surface area contributed by atoms with Crippen LogP contribution in [0.3, 0.4) is 0 Å². The average Bonchev–Trinajstić information content (AvgIpc) is 3.05. The van der Waals surface area contributed by atoms with Crippen LogP contribution in [0.1, 0.15) is 29.5 Å². The van der Waals surface area contributed by atoms with E-state index in [0.717, 1.165) is 22.4 Å². The number of benzene rings is 2. The first-order valence-corrected chi connectivity index (χ1v) is 10.5. The number of likely N-dealkylation sites (tertiary alicyclic amines) is 1. The zero-order valence-corrected chi connectivity index (χ0v) is 17.5. The maximum Gasteiger partial charge on any atom is 0.259 e. The summed E-state index contributed by atoms with van der Waals surface area (Å²) in [6.07, 6.45) is 1.95. The predicted molar refractivity (Wildman–Crippen MR) is 118 cm³/mol. The summed E-state index contributed by atoms with van der Waals surface area (Å²) in [6, 6.07) is 15.7. The third-order valence-electron chi connectivity index (χ3n) is 6.02. The molecule has 1 unspecified atom stereocenters. The number of hydrogen-bond donors (Lipinski definition) is 1. The Kier molecular flexibility index (Phi) is 5.57. The highest BCUT2D eigenvalue weighted by Gasteiger charge is 2.40. The second kappa shape index (κ2) is 8.30. The Hall–Kier alpha value is -3.15. The van der Waals surface area contributed by atoms with Crippen LogP contribution >= 0.6 is 0 Å². The van der Waals surface area contributed by atoms with E-state index in [1.165, 1.54) is 0 Å². The SMILES string of the molecule is Cc1ccc(N2C(=O)C(Cc3ccccc3)N=C2N2CCC(C(N)=O)CC2)c(C)c1. The Balaban J connectivity index is 1.65.